The van der Waals surface area contributed by atoms with Gasteiger partial charge in [-0.05, 0) is 55.1 Å². The SMILES string of the molecule is c1ccc(COc2cccc(-c3nc(N4CCOCC4)c4[nH]cc(C5CCNCC5)c4n3)c2)cc1. The van der Waals surface area contributed by atoms with Crippen LogP contribution in [-0.2, 0) is 11.3 Å². The van der Waals surface area contributed by atoms with Crippen molar-refractivity contribution in [1.82, 2.24) is 20.3 Å². The first-order valence-electron chi connectivity index (χ1n) is 12.5. The Kier molecular flexibility index (Phi) is 6.34. The van der Waals surface area contributed by atoms with Gasteiger partial charge in [-0.25, -0.2) is 9.97 Å². The molecular formula is C28H31N5O2. The lowest BCUT2D eigenvalue weighted by molar-refractivity contribution is 0.122. The molecular weight excluding hydrogens is 438 g/mol. The predicted molar refractivity (Wildman–Crippen MR) is 138 cm³/mol. The van der Waals surface area contributed by atoms with Gasteiger partial charge in [-0.15, -0.1) is 0 Å². The molecule has 0 radical (unpaired) electrons. The number of aromatic amines is 1. The Morgan fingerprint density at radius 1 is 0.971 bits per heavy atom. The van der Waals surface area contributed by atoms with Gasteiger partial charge in [0.15, 0.2) is 11.6 Å². The third-order valence-corrected chi connectivity index (χ3v) is 6.97. The summed E-state index contributed by atoms with van der Waals surface area (Å²) in [7, 11) is 0. The fraction of sp³-hybridized carbons (Fsp3) is 0.357. The number of morpholine rings is 1. The molecule has 2 aliphatic heterocycles. The zero-order chi connectivity index (χ0) is 23.5. The van der Waals surface area contributed by atoms with E-state index in [0.717, 1.165) is 78.6 Å². The van der Waals surface area contributed by atoms with Crippen molar-refractivity contribution in [3.05, 3.63) is 71.9 Å². The summed E-state index contributed by atoms with van der Waals surface area (Å²) in [6, 6.07) is 18.3. The lowest BCUT2D eigenvalue weighted by Gasteiger charge is -2.28. The number of piperidine rings is 1. The summed E-state index contributed by atoms with van der Waals surface area (Å²) >= 11 is 0. The van der Waals surface area contributed by atoms with Crippen molar-refractivity contribution in [1.29, 1.82) is 0 Å². The van der Waals surface area contributed by atoms with Crippen LogP contribution in [0.5, 0.6) is 5.75 Å². The first-order valence-corrected chi connectivity index (χ1v) is 12.5. The molecule has 7 heteroatoms. The van der Waals surface area contributed by atoms with Gasteiger partial charge >= 0.3 is 0 Å². The third kappa shape index (κ3) is 4.74. The minimum Gasteiger partial charge on any atom is -0.489 e. The average molecular weight is 470 g/mol. The molecule has 2 aliphatic rings. The number of anilines is 1. The van der Waals surface area contributed by atoms with Crippen molar-refractivity contribution >= 4 is 16.9 Å². The summed E-state index contributed by atoms with van der Waals surface area (Å²) in [6.07, 6.45) is 4.41. The van der Waals surface area contributed by atoms with Crippen LogP contribution in [0.25, 0.3) is 22.4 Å². The predicted octanol–water partition coefficient (Wildman–Crippen LogP) is 4.51. The van der Waals surface area contributed by atoms with Gasteiger partial charge in [0.1, 0.15) is 17.9 Å². The van der Waals surface area contributed by atoms with Gasteiger partial charge in [-0.3, -0.25) is 0 Å². The molecule has 6 rings (SSSR count). The summed E-state index contributed by atoms with van der Waals surface area (Å²) < 4.78 is 11.7. The van der Waals surface area contributed by atoms with E-state index < -0.39 is 0 Å². The van der Waals surface area contributed by atoms with E-state index in [9.17, 15) is 0 Å². The molecule has 0 bridgehead atoms. The fourth-order valence-electron chi connectivity index (χ4n) is 5.05. The van der Waals surface area contributed by atoms with Crippen LogP contribution >= 0.6 is 0 Å². The topological polar surface area (TPSA) is 75.3 Å². The molecule has 2 N–H and O–H groups in total. The van der Waals surface area contributed by atoms with Gasteiger partial charge in [0.25, 0.3) is 0 Å². The van der Waals surface area contributed by atoms with Gasteiger partial charge in [0.2, 0.25) is 0 Å². The van der Waals surface area contributed by atoms with E-state index in [1.807, 2.05) is 36.4 Å². The lowest BCUT2D eigenvalue weighted by atomic mass is 9.91. The molecule has 0 amide bonds. The second-order valence-electron chi connectivity index (χ2n) is 9.26. The van der Waals surface area contributed by atoms with Gasteiger partial charge in [0, 0.05) is 24.8 Å². The summed E-state index contributed by atoms with van der Waals surface area (Å²) in [5.41, 5.74) is 5.48. The highest BCUT2D eigenvalue weighted by molar-refractivity contribution is 5.91. The highest BCUT2D eigenvalue weighted by Crippen LogP contribution is 2.35. The minimum absolute atomic E-state index is 0.505. The first kappa shape index (κ1) is 22.1. The zero-order valence-electron chi connectivity index (χ0n) is 19.9. The van der Waals surface area contributed by atoms with Crippen molar-refractivity contribution < 1.29 is 9.47 Å². The van der Waals surface area contributed by atoms with Crippen LogP contribution < -0.4 is 15.0 Å². The van der Waals surface area contributed by atoms with Crippen molar-refractivity contribution in [2.45, 2.75) is 25.4 Å². The maximum Gasteiger partial charge on any atom is 0.162 e. The number of H-pyrrole nitrogens is 1. The zero-order valence-corrected chi connectivity index (χ0v) is 19.9. The van der Waals surface area contributed by atoms with E-state index >= 15 is 0 Å². The molecule has 2 fully saturated rings. The Morgan fingerprint density at radius 2 is 1.80 bits per heavy atom. The molecule has 0 atom stereocenters. The molecule has 0 aliphatic carbocycles. The molecule has 4 aromatic rings. The number of hydrogen-bond donors (Lipinski definition) is 2. The number of rotatable bonds is 6. The smallest absolute Gasteiger partial charge is 0.162 e. The van der Waals surface area contributed by atoms with Crippen molar-refractivity contribution in [3.63, 3.8) is 0 Å². The molecule has 35 heavy (non-hydrogen) atoms. The molecule has 7 nitrogen and oxygen atoms in total. The van der Waals surface area contributed by atoms with E-state index in [2.05, 4.69) is 39.6 Å². The van der Waals surface area contributed by atoms with E-state index in [0.29, 0.717) is 25.7 Å². The van der Waals surface area contributed by atoms with Crippen LogP contribution in [0.1, 0.15) is 29.9 Å². The summed E-state index contributed by atoms with van der Waals surface area (Å²) in [5.74, 6) is 3.02. The number of aromatic nitrogens is 3. The van der Waals surface area contributed by atoms with Gasteiger partial charge in [-0.2, -0.15) is 0 Å². The molecule has 2 aromatic heterocycles. The second-order valence-corrected chi connectivity index (χ2v) is 9.26. The van der Waals surface area contributed by atoms with E-state index in [1.165, 1.54) is 5.56 Å². The van der Waals surface area contributed by atoms with Gasteiger partial charge in [0.05, 0.1) is 18.7 Å². The van der Waals surface area contributed by atoms with Crippen molar-refractivity contribution in [3.8, 4) is 17.1 Å². The van der Waals surface area contributed by atoms with Gasteiger partial charge < -0.3 is 24.7 Å². The third-order valence-electron chi connectivity index (χ3n) is 6.97. The molecule has 180 valence electrons. The van der Waals surface area contributed by atoms with Crippen LogP contribution in [0, 0.1) is 0 Å². The Bertz CT molecular complexity index is 1280. The highest BCUT2D eigenvalue weighted by Gasteiger charge is 2.24. The molecule has 0 saturated carbocycles. The standard InChI is InChI=1S/C28H31N5O2/c1-2-5-20(6-3-1)19-35-23-8-4-7-22(17-23)27-31-25-24(21-9-11-29-12-10-21)18-30-26(25)28(32-27)33-13-15-34-16-14-33/h1-8,17-18,21,29-30H,9-16,19H2. The summed E-state index contributed by atoms with van der Waals surface area (Å²) in [5, 5.41) is 3.48. The van der Waals surface area contributed by atoms with E-state index in [1.54, 1.807) is 0 Å². The summed E-state index contributed by atoms with van der Waals surface area (Å²) in [4.78, 5) is 16.0. The first-order chi connectivity index (χ1) is 17.3. The number of hydrogen-bond acceptors (Lipinski definition) is 6. The number of ether oxygens (including phenoxy) is 2. The molecule has 2 saturated heterocycles. The highest BCUT2D eigenvalue weighted by atomic mass is 16.5. The van der Waals surface area contributed by atoms with Gasteiger partial charge in [-0.1, -0.05) is 42.5 Å². The maximum atomic E-state index is 6.10. The average Bonchev–Trinajstić information content (AvgIpc) is 3.37. The van der Waals surface area contributed by atoms with Crippen LogP contribution in [0.2, 0.25) is 0 Å². The Morgan fingerprint density at radius 3 is 2.63 bits per heavy atom. The Labute approximate surface area is 205 Å². The van der Waals surface area contributed by atoms with Crippen molar-refractivity contribution in [2.24, 2.45) is 0 Å². The van der Waals surface area contributed by atoms with Crippen molar-refractivity contribution in [2.75, 3.05) is 44.3 Å². The van der Waals surface area contributed by atoms with Crippen LogP contribution in [0.3, 0.4) is 0 Å². The number of fused-ring (bicyclic) bond motifs is 1. The number of benzene rings is 2. The number of nitrogens with zero attached hydrogens (tertiary/aromatic N) is 3. The molecule has 0 unspecified atom stereocenters. The number of nitrogens with one attached hydrogen (secondary N) is 2. The lowest BCUT2D eigenvalue weighted by Crippen LogP contribution is -2.37. The van der Waals surface area contributed by atoms with Crippen LogP contribution in [0.15, 0.2) is 60.8 Å². The minimum atomic E-state index is 0.505. The largest absolute Gasteiger partial charge is 0.489 e. The second kappa shape index (κ2) is 10.1. The quantitative estimate of drug-likeness (QED) is 0.433. The molecule has 4 heterocycles. The van der Waals surface area contributed by atoms with E-state index in [-0.39, 0.29) is 0 Å². The Balaban J connectivity index is 1.38. The van der Waals surface area contributed by atoms with Crippen LogP contribution in [0.4, 0.5) is 5.82 Å². The Hall–Kier alpha value is -3.42. The maximum absolute atomic E-state index is 6.10. The molecule has 0 spiro atoms. The monoisotopic (exact) mass is 469 g/mol. The van der Waals surface area contributed by atoms with E-state index in [4.69, 9.17) is 19.4 Å². The molecule has 2 aromatic carbocycles. The van der Waals surface area contributed by atoms with Crippen LogP contribution in [-0.4, -0.2) is 54.3 Å². The fourth-order valence-corrected chi connectivity index (χ4v) is 5.05. The normalized spacial score (nSPS) is 17.1. The summed E-state index contributed by atoms with van der Waals surface area (Å²) in [6.45, 7) is 5.71.